The first-order valence-electron chi connectivity index (χ1n) is 5.96. The second kappa shape index (κ2) is 6.87. The Labute approximate surface area is 103 Å². The topological polar surface area (TPSA) is 60.1 Å². The van der Waals surface area contributed by atoms with E-state index in [0.29, 0.717) is 17.9 Å². The lowest BCUT2D eigenvalue weighted by molar-refractivity contribution is 0.301. The molecule has 0 unspecified atom stereocenters. The minimum atomic E-state index is 0.0736. The van der Waals surface area contributed by atoms with Crippen molar-refractivity contribution in [1.82, 2.24) is 4.98 Å². The van der Waals surface area contributed by atoms with Crippen LogP contribution in [0.1, 0.15) is 31.0 Å². The van der Waals surface area contributed by atoms with Crippen LogP contribution in [0.15, 0.2) is 12.1 Å². The number of hydrogen-bond donors (Lipinski definition) is 1. The highest BCUT2D eigenvalue weighted by Crippen LogP contribution is 2.18. The van der Waals surface area contributed by atoms with Gasteiger partial charge in [0.25, 0.3) is 0 Å². The molecule has 0 atom stereocenters. The highest BCUT2D eigenvalue weighted by atomic mass is 16.3. The Bertz CT molecular complexity index is 398. The van der Waals surface area contributed by atoms with Crippen LogP contribution in [0.3, 0.4) is 0 Å². The molecule has 0 aromatic carbocycles. The van der Waals surface area contributed by atoms with Gasteiger partial charge in [-0.05, 0) is 25.5 Å². The van der Waals surface area contributed by atoms with Crippen molar-refractivity contribution in [3.05, 3.63) is 23.4 Å². The fourth-order valence-corrected chi connectivity index (χ4v) is 1.66. The summed E-state index contributed by atoms with van der Waals surface area (Å²) in [7, 11) is 0. The quantitative estimate of drug-likeness (QED) is 0.814. The first kappa shape index (κ1) is 13.5. The largest absolute Gasteiger partial charge is 0.395 e. The molecule has 17 heavy (non-hydrogen) atoms. The molecule has 0 saturated heterocycles. The van der Waals surface area contributed by atoms with Gasteiger partial charge in [-0.3, -0.25) is 0 Å². The van der Waals surface area contributed by atoms with Gasteiger partial charge in [0, 0.05) is 18.8 Å². The van der Waals surface area contributed by atoms with Gasteiger partial charge in [0.2, 0.25) is 0 Å². The fourth-order valence-electron chi connectivity index (χ4n) is 1.66. The van der Waals surface area contributed by atoms with E-state index in [0.717, 1.165) is 25.1 Å². The molecule has 1 heterocycles. The van der Waals surface area contributed by atoms with Gasteiger partial charge in [0.15, 0.2) is 0 Å². The summed E-state index contributed by atoms with van der Waals surface area (Å²) < 4.78 is 0. The molecule has 0 aliphatic carbocycles. The van der Waals surface area contributed by atoms with E-state index >= 15 is 0 Å². The number of aryl methyl sites for hydroxylation is 1. The van der Waals surface area contributed by atoms with Gasteiger partial charge < -0.3 is 10.0 Å². The first-order valence-corrected chi connectivity index (χ1v) is 5.96. The molecule has 0 spiro atoms. The van der Waals surface area contributed by atoms with Crippen LogP contribution < -0.4 is 4.90 Å². The summed E-state index contributed by atoms with van der Waals surface area (Å²) in [6.45, 7) is 5.44. The standard InChI is InChI=1S/C13H19N3O/c1-3-4-7-16(8-9-17)13-12(10-14)6-5-11(2)15-13/h5-6,17H,3-4,7-9H2,1-2H3. The Hall–Kier alpha value is -1.60. The maximum Gasteiger partial charge on any atom is 0.146 e. The van der Waals surface area contributed by atoms with Crippen molar-refractivity contribution in [3.63, 3.8) is 0 Å². The molecule has 1 N–H and O–H groups in total. The maximum absolute atomic E-state index is 9.08. The van der Waals surface area contributed by atoms with Crippen molar-refractivity contribution < 1.29 is 5.11 Å². The zero-order chi connectivity index (χ0) is 12.7. The smallest absolute Gasteiger partial charge is 0.146 e. The molecule has 0 aliphatic heterocycles. The molecule has 1 aromatic heterocycles. The molecule has 0 aliphatic rings. The number of aliphatic hydroxyl groups is 1. The average molecular weight is 233 g/mol. The van der Waals surface area contributed by atoms with Crippen molar-refractivity contribution in [3.8, 4) is 6.07 Å². The number of nitriles is 1. The minimum Gasteiger partial charge on any atom is -0.395 e. The van der Waals surface area contributed by atoms with Crippen molar-refractivity contribution in [2.24, 2.45) is 0 Å². The molecule has 0 fully saturated rings. The van der Waals surface area contributed by atoms with Crippen molar-refractivity contribution in [1.29, 1.82) is 5.26 Å². The monoisotopic (exact) mass is 233 g/mol. The second-order valence-electron chi connectivity index (χ2n) is 4.00. The summed E-state index contributed by atoms with van der Waals surface area (Å²) in [5, 5.41) is 18.2. The highest BCUT2D eigenvalue weighted by molar-refractivity contribution is 5.54. The SMILES string of the molecule is CCCCN(CCO)c1nc(C)ccc1C#N. The Morgan fingerprint density at radius 3 is 2.76 bits per heavy atom. The van der Waals surface area contributed by atoms with E-state index < -0.39 is 0 Å². The van der Waals surface area contributed by atoms with E-state index in [1.54, 1.807) is 6.07 Å². The Morgan fingerprint density at radius 2 is 2.18 bits per heavy atom. The molecule has 0 radical (unpaired) electrons. The zero-order valence-electron chi connectivity index (χ0n) is 10.5. The van der Waals surface area contributed by atoms with Gasteiger partial charge in [-0.25, -0.2) is 4.98 Å². The maximum atomic E-state index is 9.08. The van der Waals surface area contributed by atoms with Crippen LogP contribution in [0.25, 0.3) is 0 Å². The number of unbranched alkanes of at least 4 members (excludes halogenated alkanes) is 1. The van der Waals surface area contributed by atoms with E-state index in [2.05, 4.69) is 18.0 Å². The van der Waals surface area contributed by atoms with Crippen LogP contribution in [0.5, 0.6) is 0 Å². The Kier molecular flexibility index (Phi) is 5.44. The minimum absolute atomic E-state index is 0.0736. The molecule has 0 amide bonds. The van der Waals surface area contributed by atoms with Crippen molar-refractivity contribution >= 4 is 5.82 Å². The van der Waals surface area contributed by atoms with Gasteiger partial charge >= 0.3 is 0 Å². The summed E-state index contributed by atoms with van der Waals surface area (Å²) in [5.41, 5.74) is 1.46. The van der Waals surface area contributed by atoms with Crippen molar-refractivity contribution in [2.45, 2.75) is 26.7 Å². The third-order valence-electron chi connectivity index (χ3n) is 2.59. The van der Waals surface area contributed by atoms with Crippen LogP contribution in [0.4, 0.5) is 5.82 Å². The van der Waals surface area contributed by atoms with Crippen LogP contribution >= 0.6 is 0 Å². The Balaban J connectivity index is 2.99. The molecular weight excluding hydrogens is 214 g/mol. The first-order chi connectivity index (χ1) is 8.22. The van der Waals surface area contributed by atoms with Crippen LogP contribution in [0.2, 0.25) is 0 Å². The molecule has 1 aromatic rings. The number of anilines is 1. The van der Waals surface area contributed by atoms with Gasteiger partial charge in [0.05, 0.1) is 12.2 Å². The molecule has 4 heteroatoms. The lowest BCUT2D eigenvalue weighted by Crippen LogP contribution is -2.29. The number of nitrogens with zero attached hydrogens (tertiary/aromatic N) is 3. The van der Waals surface area contributed by atoms with Crippen LogP contribution in [0, 0.1) is 18.3 Å². The Morgan fingerprint density at radius 1 is 1.41 bits per heavy atom. The zero-order valence-corrected chi connectivity index (χ0v) is 10.5. The fraction of sp³-hybridized carbons (Fsp3) is 0.538. The van der Waals surface area contributed by atoms with E-state index in [9.17, 15) is 0 Å². The molecule has 1 rings (SSSR count). The third-order valence-corrected chi connectivity index (χ3v) is 2.59. The van der Waals surface area contributed by atoms with E-state index in [-0.39, 0.29) is 6.61 Å². The third kappa shape index (κ3) is 3.72. The van der Waals surface area contributed by atoms with E-state index in [4.69, 9.17) is 10.4 Å². The lowest BCUT2D eigenvalue weighted by atomic mass is 10.2. The lowest BCUT2D eigenvalue weighted by Gasteiger charge is -2.23. The summed E-state index contributed by atoms with van der Waals surface area (Å²) in [6.07, 6.45) is 2.11. The summed E-state index contributed by atoms with van der Waals surface area (Å²) in [6, 6.07) is 5.77. The molecule has 0 bridgehead atoms. The average Bonchev–Trinajstić information content (AvgIpc) is 2.34. The predicted octanol–water partition coefficient (Wildman–Crippen LogP) is 1.86. The van der Waals surface area contributed by atoms with Gasteiger partial charge in [-0.1, -0.05) is 13.3 Å². The van der Waals surface area contributed by atoms with Crippen LogP contribution in [-0.4, -0.2) is 29.8 Å². The number of rotatable bonds is 6. The van der Waals surface area contributed by atoms with E-state index in [1.807, 2.05) is 17.9 Å². The molecule has 0 saturated carbocycles. The summed E-state index contributed by atoms with van der Waals surface area (Å²) >= 11 is 0. The number of pyridine rings is 1. The van der Waals surface area contributed by atoms with E-state index in [1.165, 1.54) is 0 Å². The summed E-state index contributed by atoms with van der Waals surface area (Å²) in [5.74, 6) is 0.690. The van der Waals surface area contributed by atoms with Crippen molar-refractivity contribution in [2.75, 3.05) is 24.6 Å². The second-order valence-corrected chi connectivity index (χ2v) is 4.00. The van der Waals surface area contributed by atoms with Gasteiger partial charge in [-0.2, -0.15) is 5.26 Å². The normalized spacial score (nSPS) is 10.0. The molecular formula is C13H19N3O. The number of aromatic nitrogens is 1. The van der Waals surface area contributed by atoms with Gasteiger partial charge in [-0.15, -0.1) is 0 Å². The van der Waals surface area contributed by atoms with Gasteiger partial charge in [0.1, 0.15) is 11.9 Å². The van der Waals surface area contributed by atoms with Crippen LogP contribution in [-0.2, 0) is 0 Å². The highest BCUT2D eigenvalue weighted by Gasteiger charge is 2.12. The molecule has 4 nitrogen and oxygen atoms in total. The summed E-state index contributed by atoms with van der Waals surface area (Å²) in [4.78, 5) is 6.39. The number of hydrogen-bond acceptors (Lipinski definition) is 4. The number of aliphatic hydroxyl groups excluding tert-OH is 1. The predicted molar refractivity (Wildman–Crippen MR) is 67.9 cm³/mol. The molecule has 92 valence electrons.